The number of ether oxygens (including phenoxy) is 1. The molecular formula is C23H32N4O. The molecule has 5 nitrogen and oxygen atoms in total. The summed E-state index contributed by atoms with van der Waals surface area (Å²) in [6.45, 7) is 9.54. The van der Waals surface area contributed by atoms with Gasteiger partial charge in [-0.3, -0.25) is 4.90 Å². The lowest BCUT2D eigenvalue weighted by atomic mass is 9.99. The highest BCUT2D eigenvalue weighted by Gasteiger charge is 2.12. The van der Waals surface area contributed by atoms with Gasteiger partial charge in [0.15, 0.2) is 5.96 Å². The Morgan fingerprint density at radius 2 is 1.79 bits per heavy atom. The minimum atomic E-state index is 0.442. The van der Waals surface area contributed by atoms with Crippen LogP contribution in [0.15, 0.2) is 53.5 Å². The quantitative estimate of drug-likeness (QED) is 0.564. The maximum Gasteiger partial charge on any atom is 0.193 e. The zero-order valence-corrected chi connectivity index (χ0v) is 17.0. The van der Waals surface area contributed by atoms with Crippen molar-refractivity contribution in [1.82, 2.24) is 4.90 Å². The van der Waals surface area contributed by atoms with E-state index in [1.807, 2.05) is 0 Å². The van der Waals surface area contributed by atoms with Crippen molar-refractivity contribution in [2.45, 2.75) is 39.3 Å². The molecule has 0 radical (unpaired) electrons. The van der Waals surface area contributed by atoms with E-state index in [-0.39, 0.29) is 0 Å². The first-order chi connectivity index (χ1) is 13.7. The summed E-state index contributed by atoms with van der Waals surface area (Å²) in [4.78, 5) is 6.98. The third kappa shape index (κ3) is 5.81. The molecule has 3 rings (SSSR count). The van der Waals surface area contributed by atoms with E-state index in [2.05, 4.69) is 77.6 Å². The number of anilines is 1. The maximum absolute atomic E-state index is 6.12. The predicted molar refractivity (Wildman–Crippen MR) is 117 cm³/mol. The Hall–Kier alpha value is -2.37. The second-order valence-electron chi connectivity index (χ2n) is 7.42. The number of nitrogens with zero attached hydrogens (tertiary/aromatic N) is 2. The van der Waals surface area contributed by atoms with Gasteiger partial charge < -0.3 is 15.8 Å². The van der Waals surface area contributed by atoms with Crippen LogP contribution in [-0.4, -0.2) is 37.2 Å². The van der Waals surface area contributed by atoms with E-state index in [0.29, 0.717) is 18.4 Å². The van der Waals surface area contributed by atoms with E-state index in [0.717, 1.165) is 45.0 Å². The highest BCUT2D eigenvalue weighted by atomic mass is 16.5. The number of nitrogens with two attached hydrogens (primary N) is 1. The van der Waals surface area contributed by atoms with Crippen molar-refractivity contribution in [3.05, 3.63) is 65.2 Å². The normalized spacial score (nSPS) is 16.7. The molecule has 0 saturated carbocycles. The molecule has 0 spiro atoms. The summed E-state index contributed by atoms with van der Waals surface area (Å²) in [5, 5.41) is 3.20. The minimum Gasteiger partial charge on any atom is -0.379 e. The Morgan fingerprint density at radius 1 is 1.11 bits per heavy atom. The van der Waals surface area contributed by atoms with Crippen molar-refractivity contribution in [2.75, 3.05) is 31.6 Å². The lowest BCUT2D eigenvalue weighted by Gasteiger charge is -2.27. The Labute approximate surface area is 168 Å². The Kier molecular flexibility index (Phi) is 7.46. The molecule has 0 aliphatic carbocycles. The maximum atomic E-state index is 6.12. The largest absolute Gasteiger partial charge is 0.379 e. The van der Waals surface area contributed by atoms with Gasteiger partial charge in [0.2, 0.25) is 0 Å². The van der Waals surface area contributed by atoms with Crippen LogP contribution < -0.4 is 11.1 Å². The number of hydrogen-bond donors (Lipinski definition) is 2. The molecule has 5 heteroatoms. The summed E-state index contributed by atoms with van der Waals surface area (Å²) < 4.78 is 5.44. The van der Waals surface area contributed by atoms with E-state index < -0.39 is 0 Å². The van der Waals surface area contributed by atoms with Gasteiger partial charge >= 0.3 is 0 Å². The SMILES string of the molecule is CCC(C)c1ccc(NC(N)=NCc2ccccc2CN2CCOCC2)cc1. The number of nitrogens with one attached hydrogen (secondary N) is 1. The van der Waals surface area contributed by atoms with Crippen molar-refractivity contribution in [3.63, 3.8) is 0 Å². The van der Waals surface area contributed by atoms with Crippen LogP contribution >= 0.6 is 0 Å². The molecule has 1 aliphatic heterocycles. The van der Waals surface area contributed by atoms with Gasteiger partial charge in [-0.05, 0) is 41.2 Å². The predicted octanol–water partition coefficient (Wildman–Crippen LogP) is 3.96. The first-order valence-electron chi connectivity index (χ1n) is 10.2. The topological polar surface area (TPSA) is 62.9 Å². The molecule has 1 heterocycles. The second-order valence-corrected chi connectivity index (χ2v) is 7.42. The number of aliphatic imine (C=N–C) groups is 1. The van der Waals surface area contributed by atoms with E-state index in [1.54, 1.807) is 0 Å². The molecule has 2 aromatic rings. The summed E-state index contributed by atoms with van der Waals surface area (Å²) in [7, 11) is 0. The van der Waals surface area contributed by atoms with Crippen LogP contribution in [0.1, 0.15) is 42.9 Å². The van der Waals surface area contributed by atoms with Gasteiger partial charge in [-0.2, -0.15) is 0 Å². The lowest BCUT2D eigenvalue weighted by Crippen LogP contribution is -2.35. The molecule has 28 heavy (non-hydrogen) atoms. The number of morpholine rings is 1. The van der Waals surface area contributed by atoms with Crippen LogP contribution in [0.5, 0.6) is 0 Å². The van der Waals surface area contributed by atoms with Crippen LogP contribution in [0.3, 0.4) is 0 Å². The number of hydrogen-bond acceptors (Lipinski definition) is 3. The molecule has 3 N–H and O–H groups in total. The fourth-order valence-corrected chi connectivity index (χ4v) is 3.35. The minimum absolute atomic E-state index is 0.442. The van der Waals surface area contributed by atoms with Gasteiger partial charge in [0.25, 0.3) is 0 Å². The summed E-state index contributed by atoms with van der Waals surface area (Å²) >= 11 is 0. The van der Waals surface area contributed by atoms with Crippen molar-refractivity contribution in [1.29, 1.82) is 0 Å². The molecule has 0 amide bonds. The highest BCUT2D eigenvalue weighted by Crippen LogP contribution is 2.20. The molecule has 1 saturated heterocycles. The van der Waals surface area contributed by atoms with Crippen LogP contribution in [-0.2, 0) is 17.8 Å². The van der Waals surface area contributed by atoms with E-state index in [1.165, 1.54) is 16.7 Å². The molecule has 1 unspecified atom stereocenters. The molecule has 0 bridgehead atoms. The van der Waals surface area contributed by atoms with Gasteiger partial charge in [0, 0.05) is 25.3 Å². The molecule has 1 fully saturated rings. The van der Waals surface area contributed by atoms with Crippen molar-refractivity contribution >= 4 is 11.6 Å². The number of guanidine groups is 1. The third-order valence-electron chi connectivity index (χ3n) is 5.40. The van der Waals surface area contributed by atoms with Crippen molar-refractivity contribution in [2.24, 2.45) is 10.7 Å². The van der Waals surface area contributed by atoms with Crippen LogP contribution in [0.4, 0.5) is 5.69 Å². The van der Waals surface area contributed by atoms with Crippen molar-refractivity contribution in [3.8, 4) is 0 Å². The average molecular weight is 381 g/mol. The Balaban J connectivity index is 1.60. The van der Waals surface area contributed by atoms with Gasteiger partial charge in [-0.25, -0.2) is 4.99 Å². The molecule has 0 aromatic heterocycles. The van der Waals surface area contributed by atoms with E-state index in [4.69, 9.17) is 10.5 Å². The lowest BCUT2D eigenvalue weighted by molar-refractivity contribution is 0.0341. The second kappa shape index (κ2) is 10.2. The van der Waals surface area contributed by atoms with Gasteiger partial charge in [0.05, 0.1) is 19.8 Å². The fraction of sp³-hybridized carbons (Fsp3) is 0.435. The number of rotatable bonds is 7. The molecule has 1 aliphatic rings. The summed E-state index contributed by atoms with van der Waals surface area (Å²) in [6, 6.07) is 16.9. The fourth-order valence-electron chi connectivity index (χ4n) is 3.35. The third-order valence-corrected chi connectivity index (χ3v) is 5.40. The van der Waals surface area contributed by atoms with Crippen LogP contribution in [0.2, 0.25) is 0 Å². The standard InChI is InChI=1S/C23H32N4O/c1-3-18(2)19-8-10-22(11-9-19)26-23(24)25-16-20-6-4-5-7-21(20)17-27-12-14-28-15-13-27/h4-11,18H,3,12-17H2,1-2H3,(H3,24,25,26). The Morgan fingerprint density at radius 3 is 2.46 bits per heavy atom. The zero-order chi connectivity index (χ0) is 19.8. The van der Waals surface area contributed by atoms with Crippen LogP contribution in [0.25, 0.3) is 0 Å². The summed E-state index contributed by atoms with van der Waals surface area (Å²) in [5.74, 6) is 1.01. The Bertz CT molecular complexity index is 766. The van der Waals surface area contributed by atoms with Crippen LogP contribution in [0, 0.1) is 0 Å². The first-order valence-corrected chi connectivity index (χ1v) is 10.2. The van der Waals surface area contributed by atoms with Crippen molar-refractivity contribution < 1.29 is 4.74 Å². The van der Waals surface area contributed by atoms with E-state index >= 15 is 0 Å². The smallest absolute Gasteiger partial charge is 0.193 e. The monoisotopic (exact) mass is 380 g/mol. The van der Waals surface area contributed by atoms with Gasteiger partial charge in [0.1, 0.15) is 0 Å². The highest BCUT2D eigenvalue weighted by molar-refractivity contribution is 5.92. The molecule has 2 aromatic carbocycles. The summed E-state index contributed by atoms with van der Waals surface area (Å²) in [5.41, 5.74) is 11.0. The molecular weight excluding hydrogens is 348 g/mol. The zero-order valence-electron chi connectivity index (χ0n) is 17.0. The van der Waals surface area contributed by atoms with Gasteiger partial charge in [-0.15, -0.1) is 0 Å². The van der Waals surface area contributed by atoms with Gasteiger partial charge in [-0.1, -0.05) is 50.2 Å². The summed E-state index contributed by atoms with van der Waals surface area (Å²) in [6.07, 6.45) is 1.14. The first kappa shape index (κ1) is 20.4. The van der Waals surface area contributed by atoms with E-state index in [9.17, 15) is 0 Å². The average Bonchev–Trinajstić information content (AvgIpc) is 2.74. The molecule has 1 atom stereocenters. The molecule has 150 valence electrons. The number of benzene rings is 2.